The summed E-state index contributed by atoms with van der Waals surface area (Å²) in [6.07, 6.45) is 3.48. The van der Waals surface area contributed by atoms with Gasteiger partial charge in [-0.3, -0.25) is 5.10 Å². The molecule has 26 heavy (non-hydrogen) atoms. The number of hydrogen-bond acceptors (Lipinski definition) is 4. The third kappa shape index (κ3) is 3.29. The summed E-state index contributed by atoms with van der Waals surface area (Å²) in [6.45, 7) is 1.50. The number of nitrogens with one attached hydrogen (secondary N) is 1. The van der Waals surface area contributed by atoms with Gasteiger partial charge in [0.15, 0.2) is 0 Å². The van der Waals surface area contributed by atoms with Crippen molar-refractivity contribution in [2.24, 2.45) is 0 Å². The normalized spacial score (nSPS) is 10.7. The number of H-pyrrole nitrogens is 1. The fourth-order valence-electron chi connectivity index (χ4n) is 2.87. The van der Waals surface area contributed by atoms with E-state index >= 15 is 0 Å². The number of aromatic amines is 1. The molecule has 1 aromatic carbocycles. The molecule has 2 heterocycles. The standard InChI is InChI=1S/C18H14ClN3O4/c1-9-13(17(23)24)4-2-10(15(9)18(25)26)6-12-8-21-22-16(12)11-3-5-14(19)20-7-11/h2-5,7-8H,6H2,1H3,(H,21,22)(H,23,24)(H,25,26). The summed E-state index contributed by atoms with van der Waals surface area (Å²) >= 11 is 5.81. The fourth-order valence-corrected chi connectivity index (χ4v) is 2.98. The zero-order valence-electron chi connectivity index (χ0n) is 13.7. The highest BCUT2D eigenvalue weighted by Crippen LogP contribution is 2.27. The first-order valence-electron chi connectivity index (χ1n) is 7.61. The van der Waals surface area contributed by atoms with Crippen LogP contribution in [0.5, 0.6) is 0 Å². The number of hydrogen-bond donors (Lipinski definition) is 3. The Balaban J connectivity index is 2.04. The number of carbonyl (C=O) groups is 2. The lowest BCUT2D eigenvalue weighted by atomic mass is 9.92. The first-order chi connectivity index (χ1) is 12.4. The number of aromatic carboxylic acids is 2. The molecule has 0 aliphatic heterocycles. The highest BCUT2D eigenvalue weighted by atomic mass is 35.5. The van der Waals surface area contributed by atoms with E-state index in [0.717, 1.165) is 11.1 Å². The second kappa shape index (κ2) is 6.97. The number of nitrogens with zero attached hydrogens (tertiary/aromatic N) is 2. The molecule has 0 aliphatic rings. The molecule has 0 saturated heterocycles. The van der Waals surface area contributed by atoms with Crippen LogP contribution >= 0.6 is 11.6 Å². The van der Waals surface area contributed by atoms with Crippen molar-refractivity contribution in [2.75, 3.05) is 0 Å². The van der Waals surface area contributed by atoms with E-state index in [2.05, 4.69) is 15.2 Å². The Morgan fingerprint density at radius 3 is 2.46 bits per heavy atom. The number of benzene rings is 1. The van der Waals surface area contributed by atoms with Crippen molar-refractivity contribution < 1.29 is 19.8 Å². The van der Waals surface area contributed by atoms with Gasteiger partial charge in [0.1, 0.15) is 5.15 Å². The Bertz CT molecular complexity index is 996. The quantitative estimate of drug-likeness (QED) is 0.592. The number of pyridine rings is 1. The Hall–Kier alpha value is -3.19. The van der Waals surface area contributed by atoms with Gasteiger partial charge in [-0.25, -0.2) is 14.6 Å². The minimum atomic E-state index is -1.17. The second-order valence-corrected chi connectivity index (χ2v) is 6.09. The number of aromatic nitrogens is 3. The zero-order valence-corrected chi connectivity index (χ0v) is 14.4. The molecule has 3 rings (SSSR count). The van der Waals surface area contributed by atoms with Gasteiger partial charge in [0, 0.05) is 23.7 Å². The summed E-state index contributed by atoms with van der Waals surface area (Å²) in [4.78, 5) is 27.0. The Kier molecular flexibility index (Phi) is 4.73. The smallest absolute Gasteiger partial charge is 0.336 e. The van der Waals surface area contributed by atoms with Crippen molar-refractivity contribution in [3.63, 3.8) is 0 Å². The van der Waals surface area contributed by atoms with E-state index in [1.165, 1.54) is 19.1 Å². The Labute approximate surface area is 153 Å². The minimum Gasteiger partial charge on any atom is -0.478 e. The van der Waals surface area contributed by atoms with E-state index in [1.807, 2.05) is 0 Å². The van der Waals surface area contributed by atoms with Crippen LogP contribution in [0.2, 0.25) is 5.15 Å². The van der Waals surface area contributed by atoms with Gasteiger partial charge in [0.05, 0.1) is 23.0 Å². The van der Waals surface area contributed by atoms with Gasteiger partial charge >= 0.3 is 11.9 Å². The molecule has 132 valence electrons. The van der Waals surface area contributed by atoms with Crippen LogP contribution in [-0.4, -0.2) is 37.3 Å². The van der Waals surface area contributed by atoms with Crippen LogP contribution in [-0.2, 0) is 6.42 Å². The van der Waals surface area contributed by atoms with Crippen LogP contribution in [0, 0.1) is 6.92 Å². The lowest BCUT2D eigenvalue weighted by molar-refractivity contribution is 0.0695. The summed E-state index contributed by atoms with van der Waals surface area (Å²) in [5.41, 5.74) is 2.92. The number of carboxylic acid groups (broad SMARTS) is 2. The molecular weight excluding hydrogens is 358 g/mol. The van der Waals surface area contributed by atoms with E-state index < -0.39 is 11.9 Å². The van der Waals surface area contributed by atoms with Gasteiger partial charge < -0.3 is 10.2 Å². The maximum Gasteiger partial charge on any atom is 0.336 e. The molecule has 2 aromatic heterocycles. The summed E-state index contributed by atoms with van der Waals surface area (Å²) < 4.78 is 0. The number of rotatable bonds is 5. The average molecular weight is 372 g/mol. The molecule has 0 spiro atoms. The van der Waals surface area contributed by atoms with Gasteiger partial charge in [-0.15, -0.1) is 0 Å². The highest BCUT2D eigenvalue weighted by Gasteiger charge is 2.20. The van der Waals surface area contributed by atoms with Gasteiger partial charge in [-0.05, 0) is 36.2 Å². The maximum atomic E-state index is 11.7. The predicted molar refractivity (Wildman–Crippen MR) is 94.7 cm³/mol. The van der Waals surface area contributed by atoms with Crippen molar-refractivity contribution in [1.82, 2.24) is 15.2 Å². The molecule has 0 saturated carbocycles. The summed E-state index contributed by atoms with van der Waals surface area (Å²) in [5.74, 6) is -2.33. The summed E-state index contributed by atoms with van der Waals surface area (Å²) in [7, 11) is 0. The van der Waals surface area contributed by atoms with E-state index in [0.29, 0.717) is 16.4 Å². The van der Waals surface area contributed by atoms with Crippen molar-refractivity contribution >= 4 is 23.5 Å². The zero-order chi connectivity index (χ0) is 18.8. The molecule has 0 amide bonds. The van der Waals surface area contributed by atoms with Crippen LogP contribution in [0.3, 0.4) is 0 Å². The molecule has 3 N–H and O–H groups in total. The molecule has 0 radical (unpaired) electrons. The summed E-state index contributed by atoms with van der Waals surface area (Å²) in [5, 5.41) is 26.0. The molecule has 3 aromatic rings. The second-order valence-electron chi connectivity index (χ2n) is 5.70. The van der Waals surface area contributed by atoms with E-state index in [-0.39, 0.29) is 23.1 Å². The van der Waals surface area contributed by atoms with Gasteiger partial charge in [0.2, 0.25) is 0 Å². The first-order valence-corrected chi connectivity index (χ1v) is 7.99. The molecule has 0 atom stereocenters. The third-order valence-electron chi connectivity index (χ3n) is 4.11. The fraction of sp³-hybridized carbons (Fsp3) is 0.111. The minimum absolute atomic E-state index is 0.00807. The molecule has 0 bridgehead atoms. The summed E-state index contributed by atoms with van der Waals surface area (Å²) in [6, 6.07) is 6.37. The SMILES string of the molecule is Cc1c(C(=O)O)ccc(Cc2cn[nH]c2-c2ccc(Cl)nc2)c1C(=O)O. The molecule has 8 heteroatoms. The molecule has 0 aliphatic carbocycles. The monoisotopic (exact) mass is 371 g/mol. The van der Waals surface area contributed by atoms with Crippen molar-refractivity contribution in [1.29, 1.82) is 0 Å². The predicted octanol–water partition coefficient (Wildman–Crippen LogP) is 3.42. The van der Waals surface area contributed by atoms with Crippen LogP contribution in [0.1, 0.15) is 37.4 Å². The van der Waals surface area contributed by atoms with E-state index in [4.69, 9.17) is 11.6 Å². The third-order valence-corrected chi connectivity index (χ3v) is 4.33. The van der Waals surface area contributed by atoms with Crippen molar-refractivity contribution in [2.45, 2.75) is 13.3 Å². The van der Waals surface area contributed by atoms with Crippen LogP contribution < -0.4 is 0 Å². The molecular formula is C18H14ClN3O4. The molecule has 0 fully saturated rings. The van der Waals surface area contributed by atoms with Crippen LogP contribution in [0.15, 0.2) is 36.7 Å². The average Bonchev–Trinajstić information content (AvgIpc) is 3.03. The topological polar surface area (TPSA) is 116 Å². The lowest BCUT2D eigenvalue weighted by Crippen LogP contribution is -2.11. The van der Waals surface area contributed by atoms with Crippen LogP contribution in [0.4, 0.5) is 0 Å². The van der Waals surface area contributed by atoms with Crippen molar-refractivity contribution in [3.05, 3.63) is 69.6 Å². The van der Waals surface area contributed by atoms with Gasteiger partial charge in [-0.1, -0.05) is 17.7 Å². The van der Waals surface area contributed by atoms with E-state index in [9.17, 15) is 19.8 Å². The van der Waals surface area contributed by atoms with Gasteiger partial charge in [-0.2, -0.15) is 5.10 Å². The van der Waals surface area contributed by atoms with Gasteiger partial charge in [0.25, 0.3) is 0 Å². The number of halogens is 1. The highest BCUT2D eigenvalue weighted by molar-refractivity contribution is 6.29. The van der Waals surface area contributed by atoms with E-state index in [1.54, 1.807) is 24.5 Å². The lowest BCUT2D eigenvalue weighted by Gasteiger charge is -2.12. The van der Waals surface area contributed by atoms with Crippen LogP contribution in [0.25, 0.3) is 11.3 Å². The maximum absolute atomic E-state index is 11.7. The largest absolute Gasteiger partial charge is 0.478 e. The molecule has 0 unspecified atom stereocenters. The Morgan fingerprint density at radius 2 is 1.85 bits per heavy atom. The van der Waals surface area contributed by atoms with Crippen molar-refractivity contribution in [3.8, 4) is 11.3 Å². The number of carboxylic acids is 2. The molecule has 7 nitrogen and oxygen atoms in total. The first kappa shape index (κ1) is 17.6. The Morgan fingerprint density at radius 1 is 1.08 bits per heavy atom.